The molecule has 0 aliphatic carbocycles. The van der Waals surface area contributed by atoms with Crippen LogP contribution in [0.1, 0.15) is 12.5 Å². The van der Waals surface area contributed by atoms with E-state index < -0.39 is 0 Å². The summed E-state index contributed by atoms with van der Waals surface area (Å²) in [6.07, 6.45) is 0. The van der Waals surface area contributed by atoms with E-state index in [1.807, 2.05) is 48.7 Å². The van der Waals surface area contributed by atoms with Crippen LogP contribution in [0, 0.1) is 0 Å². The van der Waals surface area contributed by atoms with Gasteiger partial charge in [-0.3, -0.25) is 0 Å². The fourth-order valence-electron chi connectivity index (χ4n) is 2.47. The summed E-state index contributed by atoms with van der Waals surface area (Å²) in [7, 11) is 0. The lowest BCUT2D eigenvalue weighted by Crippen LogP contribution is -2.10. The molecule has 6 heteroatoms. The maximum absolute atomic E-state index is 9.26. The Labute approximate surface area is 145 Å². The molecule has 5 nitrogen and oxygen atoms in total. The van der Waals surface area contributed by atoms with Gasteiger partial charge in [-0.05, 0) is 36.1 Å². The van der Waals surface area contributed by atoms with Gasteiger partial charge < -0.3 is 15.2 Å². The zero-order valence-corrected chi connectivity index (χ0v) is 14.4. The number of rotatable bonds is 8. The van der Waals surface area contributed by atoms with Gasteiger partial charge in [-0.1, -0.05) is 18.2 Å². The van der Waals surface area contributed by atoms with Crippen LogP contribution in [0.15, 0.2) is 47.8 Å². The molecule has 0 saturated heterocycles. The summed E-state index contributed by atoms with van der Waals surface area (Å²) >= 11 is 1.66. The van der Waals surface area contributed by atoms with Crippen molar-refractivity contribution in [2.75, 3.05) is 18.5 Å². The van der Waals surface area contributed by atoms with Crippen molar-refractivity contribution in [3.8, 4) is 16.3 Å². The lowest BCUT2D eigenvalue weighted by Gasteiger charge is -2.10. The summed E-state index contributed by atoms with van der Waals surface area (Å²) in [6, 6.07) is 14.1. The number of aliphatic hydroxyl groups is 1. The molecule has 0 fully saturated rings. The van der Waals surface area contributed by atoms with Gasteiger partial charge in [0.1, 0.15) is 17.3 Å². The highest BCUT2D eigenvalue weighted by Crippen LogP contribution is 2.26. The van der Waals surface area contributed by atoms with Gasteiger partial charge in [0.15, 0.2) is 0 Å². The average molecular weight is 343 g/mol. The van der Waals surface area contributed by atoms with Crippen molar-refractivity contribution in [1.82, 2.24) is 9.78 Å². The Morgan fingerprint density at radius 1 is 1.25 bits per heavy atom. The molecule has 3 aromatic rings. The molecule has 0 aliphatic rings. The first kappa shape index (κ1) is 16.5. The topological polar surface area (TPSA) is 59.3 Å². The van der Waals surface area contributed by atoms with Crippen molar-refractivity contribution in [1.29, 1.82) is 0 Å². The van der Waals surface area contributed by atoms with Crippen LogP contribution in [0.4, 0.5) is 5.82 Å². The molecule has 0 atom stereocenters. The second-order valence-corrected chi connectivity index (χ2v) is 6.22. The molecule has 2 heterocycles. The number of hydrogen-bond donors (Lipinski definition) is 2. The smallest absolute Gasteiger partial charge is 0.125 e. The van der Waals surface area contributed by atoms with Crippen molar-refractivity contribution < 1.29 is 9.84 Å². The monoisotopic (exact) mass is 343 g/mol. The van der Waals surface area contributed by atoms with E-state index in [-0.39, 0.29) is 6.61 Å². The molecule has 0 bridgehead atoms. The lowest BCUT2D eigenvalue weighted by molar-refractivity contribution is 0.270. The van der Waals surface area contributed by atoms with Crippen LogP contribution in [-0.2, 0) is 13.1 Å². The van der Waals surface area contributed by atoms with Gasteiger partial charge in [-0.25, -0.2) is 4.68 Å². The molecule has 0 unspecified atom stereocenters. The molecule has 2 aromatic heterocycles. The minimum Gasteiger partial charge on any atom is -0.494 e. The van der Waals surface area contributed by atoms with Gasteiger partial charge in [0.25, 0.3) is 0 Å². The third-order valence-corrected chi connectivity index (χ3v) is 4.44. The van der Waals surface area contributed by atoms with Crippen LogP contribution < -0.4 is 10.1 Å². The van der Waals surface area contributed by atoms with E-state index in [4.69, 9.17) is 4.74 Å². The minimum atomic E-state index is 0.0556. The molecule has 24 heavy (non-hydrogen) atoms. The number of hydrogen-bond acceptors (Lipinski definition) is 5. The third-order valence-electron chi connectivity index (χ3n) is 3.55. The zero-order valence-electron chi connectivity index (χ0n) is 13.6. The molecule has 0 aliphatic heterocycles. The Bertz CT molecular complexity index is 768. The van der Waals surface area contributed by atoms with E-state index in [0.717, 1.165) is 27.7 Å². The van der Waals surface area contributed by atoms with E-state index >= 15 is 0 Å². The Morgan fingerprint density at radius 3 is 2.92 bits per heavy atom. The van der Waals surface area contributed by atoms with Crippen molar-refractivity contribution in [3.63, 3.8) is 0 Å². The first-order valence-corrected chi connectivity index (χ1v) is 8.86. The molecule has 3 rings (SSSR count). The van der Waals surface area contributed by atoms with Crippen molar-refractivity contribution in [2.24, 2.45) is 0 Å². The summed E-state index contributed by atoms with van der Waals surface area (Å²) in [5.74, 6) is 1.77. The van der Waals surface area contributed by atoms with Crippen molar-refractivity contribution in [3.05, 3.63) is 53.4 Å². The molecule has 0 amide bonds. The molecular weight excluding hydrogens is 322 g/mol. The summed E-state index contributed by atoms with van der Waals surface area (Å²) in [5.41, 5.74) is 2.05. The number of benzene rings is 1. The Hall–Kier alpha value is -2.31. The van der Waals surface area contributed by atoms with E-state index in [9.17, 15) is 5.11 Å². The number of ether oxygens (including phenoxy) is 1. The lowest BCUT2D eigenvalue weighted by atomic mass is 10.2. The second kappa shape index (κ2) is 7.99. The van der Waals surface area contributed by atoms with E-state index in [0.29, 0.717) is 19.7 Å². The normalized spacial score (nSPS) is 10.8. The molecule has 126 valence electrons. The number of aromatic nitrogens is 2. The van der Waals surface area contributed by atoms with Crippen molar-refractivity contribution >= 4 is 17.2 Å². The number of nitrogens with zero attached hydrogens (tertiary/aromatic N) is 2. The highest BCUT2D eigenvalue weighted by molar-refractivity contribution is 7.13. The maximum atomic E-state index is 9.26. The maximum Gasteiger partial charge on any atom is 0.125 e. The SMILES string of the molecule is CCOc1cccc(CNc2cc(-c3cccs3)nn2CCO)c1. The Kier molecular flexibility index (Phi) is 5.51. The minimum absolute atomic E-state index is 0.0556. The summed E-state index contributed by atoms with van der Waals surface area (Å²) < 4.78 is 7.34. The molecular formula is C18H21N3O2S. The van der Waals surface area contributed by atoms with Gasteiger partial charge in [0.2, 0.25) is 0 Å². The number of thiophene rings is 1. The first-order chi connectivity index (χ1) is 11.8. The quantitative estimate of drug-likeness (QED) is 0.656. The predicted molar refractivity (Wildman–Crippen MR) is 97.6 cm³/mol. The van der Waals surface area contributed by atoms with Crippen LogP contribution >= 0.6 is 11.3 Å². The fraction of sp³-hybridized carbons (Fsp3) is 0.278. The number of anilines is 1. The molecule has 0 saturated carbocycles. The standard InChI is InChI=1S/C18H21N3O2S/c1-2-23-15-6-3-5-14(11-15)13-19-18-12-16(17-7-4-10-24-17)20-21(18)8-9-22/h3-7,10-12,19,22H,2,8-9,13H2,1H3. The molecule has 0 spiro atoms. The largest absolute Gasteiger partial charge is 0.494 e. The third kappa shape index (κ3) is 3.96. The van der Waals surface area contributed by atoms with E-state index in [1.54, 1.807) is 16.0 Å². The highest BCUT2D eigenvalue weighted by atomic mass is 32.1. The van der Waals surface area contributed by atoms with E-state index in [1.165, 1.54) is 0 Å². The van der Waals surface area contributed by atoms with Gasteiger partial charge in [-0.2, -0.15) is 5.10 Å². The molecule has 2 N–H and O–H groups in total. The number of nitrogens with one attached hydrogen (secondary N) is 1. The highest BCUT2D eigenvalue weighted by Gasteiger charge is 2.10. The summed E-state index contributed by atoms with van der Waals surface area (Å²) in [4.78, 5) is 1.12. The van der Waals surface area contributed by atoms with E-state index in [2.05, 4.69) is 16.5 Å². The summed E-state index contributed by atoms with van der Waals surface area (Å²) in [5, 5.41) is 19.3. The first-order valence-electron chi connectivity index (χ1n) is 7.98. The fourth-order valence-corrected chi connectivity index (χ4v) is 3.15. The second-order valence-electron chi connectivity index (χ2n) is 5.27. The van der Waals surface area contributed by atoms with Crippen LogP contribution in [0.25, 0.3) is 10.6 Å². The number of aliphatic hydroxyl groups excluding tert-OH is 1. The van der Waals surface area contributed by atoms with Gasteiger partial charge >= 0.3 is 0 Å². The molecule has 0 radical (unpaired) electrons. The van der Waals surface area contributed by atoms with Crippen LogP contribution in [0.3, 0.4) is 0 Å². The van der Waals surface area contributed by atoms with Crippen LogP contribution in [0.5, 0.6) is 5.75 Å². The van der Waals surface area contributed by atoms with Crippen LogP contribution in [-0.4, -0.2) is 28.1 Å². The van der Waals surface area contributed by atoms with Crippen LogP contribution in [0.2, 0.25) is 0 Å². The Morgan fingerprint density at radius 2 is 2.17 bits per heavy atom. The zero-order chi connectivity index (χ0) is 16.8. The summed E-state index contributed by atoms with van der Waals surface area (Å²) in [6.45, 7) is 3.82. The Balaban J connectivity index is 1.75. The predicted octanol–water partition coefficient (Wildman–Crippen LogP) is 3.61. The van der Waals surface area contributed by atoms with Crippen molar-refractivity contribution in [2.45, 2.75) is 20.0 Å². The van der Waals surface area contributed by atoms with Gasteiger partial charge in [-0.15, -0.1) is 11.3 Å². The molecule has 1 aromatic carbocycles. The average Bonchev–Trinajstić information content (AvgIpc) is 3.24. The van der Waals surface area contributed by atoms with Gasteiger partial charge in [0.05, 0.1) is 24.6 Å². The van der Waals surface area contributed by atoms with Gasteiger partial charge in [0, 0.05) is 12.6 Å².